The molecular weight excluding hydrogens is 480 g/mol. The number of pyridine rings is 1. The maximum absolute atomic E-state index is 12.8. The Labute approximate surface area is 211 Å². The predicted octanol–water partition coefficient (Wildman–Crippen LogP) is 2.41. The summed E-state index contributed by atoms with van der Waals surface area (Å²) in [7, 11) is -3.29. The highest BCUT2D eigenvalue weighted by atomic mass is 32.2. The smallest absolute Gasteiger partial charge is 0.259 e. The molecule has 190 valence electrons. The predicted molar refractivity (Wildman–Crippen MR) is 137 cm³/mol. The van der Waals surface area contributed by atoms with Crippen LogP contribution in [-0.4, -0.2) is 78.8 Å². The first-order chi connectivity index (χ1) is 17.4. The van der Waals surface area contributed by atoms with E-state index in [1.165, 1.54) is 6.20 Å². The second-order valence-electron chi connectivity index (χ2n) is 9.24. The Balaban J connectivity index is 1.28. The van der Waals surface area contributed by atoms with Gasteiger partial charge in [0.15, 0.2) is 0 Å². The maximum atomic E-state index is 12.8. The molecule has 1 aromatic heterocycles. The highest BCUT2D eigenvalue weighted by Crippen LogP contribution is 2.36. The SMILES string of the molecule is CC1CCN(S(=O)(=O)CCCOc2cccc3c2N=C(NC(=O)c2cccnc2)N2CCN=C32)CC1. The van der Waals surface area contributed by atoms with Gasteiger partial charge in [0.05, 0.1) is 24.5 Å². The van der Waals surface area contributed by atoms with E-state index in [1.807, 2.05) is 17.0 Å². The number of piperidine rings is 1. The molecule has 1 amide bonds. The Bertz CT molecular complexity index is 1290. The largest absolute Gasteiger partial charge is 0.491 e. The number of carbonyl (C=O) groups is 1. The van der Waals surface area contributed by atoms with Crippen molar-refractivity contribution in [1.29, 1.82) is 0 Å². The fourth-order valence-corrected chi connectivity index (χ4v) is 6.07. The number of carbonyl (C=O) groups excluding carboxylic acids is 1. The van der Waals surface area contributed by atoms with Crippen molar-refractivity contribution in [3.63, 3.8) is 0 Å². The lowest BCUT2D eigenvalue weighted by Gasteiger charge is -2.29. The molecule has 0 bridgehead atoms. The van der Waals surface area contributed by atoms with Crippen LogP contribution in [0.25, 0.3) is 0 Å². The number of ether oxygens (including phenoxy) is 1. The van der Waals surface area contributed by atoms with Gasteiger partial charge in [0.1, 0.15) is 17.3 Å². The van der Waals surface area contributed by atoms with Crippen LogP contribution in [0.2, 0.25) is 0 Å². The van der Waals surface area contributed by atoms with Crippen molar-refractivity contribution >= 4 is 33.4 Å². The van der Waals surface area contributed by atoms with Gasteiger partial charge in [-0.25, -0.2) is 17.7 Å². The summed E-state index contributed by atoms with van der Waals surface area (Å²) in [5.74, 6) is 1.95. The molecule has 5 rings (SSSR count). The Hall–Kier alpha value is -3.31. The van der Waals surface area contributed by atoms with E-state index in [2.05, 4.69) is 22.2 Å². The van der Waals surface area contributed by atoms with Gasteiger partial charge in [0.2, 0.25) is 16.0 Å². The van der Waals surface area contributed by atoms with E-state index in [-0.39, 0.29) is 18.3 Å². The monoisotopic (exact) mass is 510 g/mol. The lowest BCUT2D eigenvalue weighted by atomic mass is 10.0. The molecule has 3 aliphatic heterocycles. The quantitative estimate of drug-likeness (QED) is 0.572. The normalized spacial score (nSPS) is 18.2. The molecule has 0 spiro atoms. The van der Waals surface area contributed by atoms with Gasteiger partial charge >= 0.3 is 0 Å². The molecule has 0 saturated carbocycles. The number of aromatic nitrogens is 1. The molecule has 2 aromatic rings. The molecule has 10 nitrogen and oxygen atoms in total. The molecule has 0 radical (unpaired) electrons. The van der Waals surface area contributed by atoms with Crippen LogP contribution in [0.4, 0.5) is 5.69 Å². The average Bonchev–Trinajstić information content (AvgIpc) is 3.38. The first-order valence-corrected chi connectivity index (χ1v) is 13.9. The summed E-state index contributed by atoms with van der Waals surface area (Å²) in [5, 5.41) is 2.88. The molecule has 11 heteroatoms. The lowest BCUT2D eigenvalue weighted by molar-refractivity contribution is 0.0973. The summed E-state index contributed by atoms with van der Waals surface area (Å²) in [6.45, 7) is 4.79. The van der Waals surface area contributed by atoms with Gasteiger partial charge in [-0.2, -0.15) is 0 Å². The number of rotatable bonds is 7. The minimum atomic E-state index is -3.29. The Morgan fingerprint density at radius 1 is 1.17 bits per heavy atom. The molecule has 1 aromatic carbocycles. The number of nitrogens with one attached hydrogen (secondary N) is 1. The van der Waals surface area contributed by atoms with Crippen molar-refractivity contribution < 1.29 is 17.9 Å². The Kier molecular flexibility index (Phi) is 7.01. The van der Waals surface area contributed by atoms with Crippen molar-refractivity contribution in [2.24, 2.45) is 15.9 Å². The zero-order chi connectivity index (χ0) is 25.1. The van der Waals surface area contributed by atoms with Gasteiger partial charge in [-0.3, -0.25) is 25.0 Å². The van der Waals surface area contributed by atoms with E-state index in [4.69, 9.17) is 9.73 Å². The molecular formula is C25H30N6O4S. The van der Waals surface area contributed by atoms with E-state index in [1.54, 1.807) is 28.7 Å². The minimum Gasteiger partial charge on any atom is -0.491 e. The number of sulfonamides is 1. The summed E-state index contributed by atoms with van der Waals surface area (Å²) < 4.78 is 33.0. The van der Waals surface area contributed by atoms with Crippen LogP contribution in [0, 0.1) is 5.92 Å². The number of amidine groups is 1. The number of benzene rings is 1. The van der Waals surface area contributed by atoms with E-state index in [0.717, 1.165) is 24.2 Å². The number of nitrogens with zero attached hydrogens (tertiary/aromatic N) is 5. The van der Waals surface area contributed by atoms with Gasteiger partial charge < -0.3 is 4.74 Å². The number of hydrogen-bond donors (Lipinski definition) is 1. The average molecular weight is 511 g/mol. The van der Waals surface area contributed by atoms with Crippen LogP contribution >= 0.6 is 0 Å². The molecule has 1 fully saturated rings. The van der Waals surface area contributed by atoms with Crippen molar-refractivity contribution in [2.45, 2.75) is 26.2 Å². The van der Waals surface area contributed by atoms with E-state index in [9.17, 15) is 13.2 Å². The van der Waals surface area contributed by atoms with Crippen molar-refractivity contribution in [3.8, 4) is 5.75 Å². The van der Waals surface area contributed by atoms with Crippen LogP contribution in [0.5, 0.6) is 5.75 Å². The van der Waals surface area contributed by atoms with Crippen LogP contribution in [-0.2, 0) is 10.0 Å². The third-order valence-electron chi connectivity index (χ3n) is 6.64. The fourth-order valence-electron chi connectivity index (χ4n) is 4.57. The second-order valence-corrected chi connectivity index (χ2v) is 11.3. The molecule has 0 aliphatic carbocycles. The Morgan fingerprint density at radius 3 is 2.78 bits per heavy atom. The maximum Gasteiger partial charge on any atom is 0.259 e. The zero-order valence-corrected chi connectivity index (χ0v) is 21.1. The zero-order valence-electron chi connectivity index (χ0n) is 20.3. The number of fused-ring (bicyclic) bond motifs is 3. The highest BCUT2D eigenvalue weighted by Gasteiger charge is 2.32. The number of aliphatic imine (C=N–C) groups is 2. The van der Waals surface area contributed by atoms with Gasteiger partial charge in [0.25, 0.3) is 5.91 Å². The highest BCUT2D eigenvalue weighted by molar-refractivity contribution is 7.89. The summed E-state index contributed by atoms with van der Waals surface area (Å²) >= 11 is 0. The Morgan fingerprint density at radius 2 is 2.00 bits per heavy atom. The number of hydrogen-bond acceptors (Lipinski definition) is 8. The standard InChI is InChI=1S/C25H30N6O4S/c1-18-8-12-30(13-9-18)36(33,34)16-4-15-35-21-7-2-6-20-22(21)28-25(31-14-11-27-23(20)31)29-24(32)19-5-3-10-26-17-19/h2-3,5-7,10,17-18H,4,8-9,11-16H2,1H3,(H,28,29,32). The van der Waals surface area contributed by atoms with Gasteiger partial charge in [-0.1, -0.05) is 13.0 Å². The molecule has 4 heterocycles. The molecule has 3 aliphatic rings. The number of amides is 1. The molecule has 36 heavy (non-hydrogen) atoms. The summed E-state index contributed by atoms with van der Waals surface area (Å²) in [4.78, 5) is 28.0. The fraction of sp³-hybridized carbons (Fsp3) is 0.440. The van der Waals surface area contributed by atoms with Crippen LogP contribution in [0.1, 0.15) is 42.1 Å². The van der Waals surface area contributed by atoms with Crippen molar-refractivity contribution in [3.05, 3.63) is 53.9 Å². The molecule has 1 N–H and O–H groups in total. The molecule has 1 saturated heterocycles. The third-order valence-corrected chi connectivity index (χ3v) is 8.60. The van der Waals surface area contributed by atoms with Crippen LogP contribution < -0.4 is 10.1 Å². The topological polar surface area (TPSA) is 117 Å². The lowest BCUT2D eigenvalue weighted by Crippen LogP contribution is -2.47. The van der Waals surface area contributed by atoms with Crippen molar-refractivity contribution in [1.82, 2.24) is 19.5 Å². The number of guanidine groups is 1. The van der Waals surface area contributed by atoms with Gasteiger partial charge in [0, 0.05) is 37.6 Å². The first-order valence-electron chi connectivity index (χ1n) is 12.3. The third kappa shape index (κ3) is 5.12. The summed E-state index contributed by atoms with van der Waals surface area (Å²) in [6.07, 6.45) is 5.30. The van der Waals surface area contributed by atoms with Crippen LogP contribution in [0.3, 0.4) is 0 Å². The van der Waals surface area contributed by atoms with E-state index < -0.39 is 10.0 Å². The molecule has 0 unspecified atom stereocenters. The van der Waals surface area contributed by atoms with E-state index in [0.29, 0.717) is 61.5 Å². The van der Waals surface area contributed by atoms with E-state index >= 15 is 0 Å². The molecule has 0 atom stereocenters. The first kappa shape index (κ1) is 24.4. The van der Waals surface area contributed by atoms with Gasteiger partial charge in [-0.05, 0) is 49.4 Å². The van der Waals surface area contributed by atoms with Crippen molar-refractivity contribution in [2.75, 3.05) is 38.5 Å². The minimum absolute atomic E-state index is 0.0482. The second kappa shape index (κ2) is 10.4. The number of para-hydroxylation sites is 1. The van der Waals surface area contributed by atoms with Gasteiger partial charge in [-0.15, -0.1) is 0 Å². The summed E-state index contributed by atoms with van der Waals surface area (Å²) in [6, 6.07) is 8.98. The summed E-state index contributed by atoms with van der Waals surface area (Å²) in [5.41, 5.74) is 1.82. The van der Waals surface area contributed by atoms with Crippen LogP contribution in [0.15, 0.2) is 52.7 Å².